The molecule has 0 spiro atoms. The van der Waals surface area contributed by atoms with Gasteiger partial charge in [0.05, 0.1) is 11.1 Å². The number of aryl methyl sites for hydroxylation is 2. The van der Waals surface area contributed by atoms with Crippen LogP contribution < -0.4 is 5.73 Å². The number of rotatable bonds is 8. The SMILES string of the molecule is CCC(=O)c1c(-c2ccc(C)cc2)c2c(N)ncnc2n1CCCO[Si](C)(C)C(C)(C)C. The van der Waals surface area contributed by atoms with Crippen molar-refractivity contribution < 1.29 is 9.22 Å². The molecule has 0 atom stereocenters. The van der Waals surface area contributed by atoms with E-state index in [2.05, 4.69) is 43.8 Å². The van der Waals surface area contributed by atoms with Crippen molar-refractivity contribution in [2.45, 2.75) is 72.1 Å². The zero-order valence-electron chi connectivity index (χ0n) is 20.5. The summed E-state index contributed by atoms with van der Waals surface area (Å²) >= 11 is 0. The summed E-state index contributed by atoms with van der Waals surface area (Å²) in [5, 5.41) is 0.912. The Kier molecular flexibility index (Phi) is 6.90. The number of carbonyl (C=O) groups excluding carboxylic acids is 1. The van der Waals surface area contributed by atoms with Crippen LogP contribution in [-0.2, 0) is 11.0 Å². The highest BCUT2D eigenvalue weighted by molar-refractivity contribution is 6.74. The van der Waals surface area contributed by atoms with Gasteiger partial charge >= 0.3 is 0 Å². The second-order valence-electron chi connectivity index (χ2n) is 9.94. The highest BCUT2D eigenvalue weighted by atomic mass is 28.4. The zero-order chi connectivity index (χ0) is 23.7. The molecule has 6 nitrogen and oxygen atoms in total. The highest BCUT2D eigenvalue weighted by Gasteiger charge is 2.37. The van der Waals surface area contributed by atoms with Crippen LogP contribution in [0.2, 0.25) is 18.1 Å². The number of fused-ring (bicyclic) bond motifs is 1. The van der Waals surface area contributed by atoms with Gasteiger partial charge in [-0.2, -0.15) is 0 Å². The molecule has 0 fully saturated rings. The number of carbonyl (C=O) groups is 1. The van der Waals surface area contributed by atoms with E-state index in [1.54, 1.807) is 0 Å². The predicted molar refractivity (Wildman–Crippen MR) is 135 cm³/mol. The number of nitrogen functional groups attached to an aromatic ring is 1. The molecular formula is C25H36N4O2Si. The van der Waals surface area contributed by atoms with E-state index in [0.29, 0.717) is 36.7 Å². The minimum Gasteiger partial charge on any atom is -0.417 e. The van der Waals surface area contributed by atoms with Crippen molar-refractivity contribution in [3.63, 3.8) is 0 Å². The molecule has 7 heteroatoms. The average Bonchev–Trinajstić information content (AvgIpc) is 3.06. The summed E-state index contributed by atoms with van der Waals surface area (Å²) in [5.74, 6) is 0.468. The van der Waals surface area contributed by atoms with Crippen LogP contribution in [-0.4, -0.2) is 35.2 Å². The maximum Gasteiger partial charge on any atom is 0.191 e. The Morgan fingerprint density at radius 3 is 2.41 bits per heavy atom. The van der Waals surface area contributed by atoms with E-state index < -0.39 is 8.32 Å². The van der Waals surface area contributed by atoms with Gasteiger partial charge in [-0.3, -0.25) is 4.79 Å². The van der Waals surface area contributed by atoms with Crippen LogP contribution in [0.15, 0.2) is 30.6 Å². The first-order valence-corrected chi connectivity index (χ1v) is 14.3. The topological polar surface area (TPSA) is 83.0 Å². The van der Waals surface area contributed by atoms with Gasteiger partial charge in [0.2, 0.25) is 0 Å². The number of Topliss-reactive ketones (excluding diaryl/α,β-unsaturated/α-hetero) is 1. The van der Waals surface area contributed by atoms with E-state index >= 15 is 0 Å². The van der Waals surface area contributed by atoms with Crippen molar-refractivity contribution in [3.8, 4) is 11.1 Å². The first-order valence-electron chi connectivity index (χ1n) is 11.3. The van der Waals surface area contributed by atoms with Crippen LogP contribution in [0.5, 0.6) is 0 Å². The molecule has 172 valence electrons. The summed E-state index contributed by atoms with van der Waals surface area (Å²) in [7, 11) is -1.82. The Hall–Kier alpha value is -2.51. The number of benzene rings is 1. The predicted octanol–water partition coefficient (Wildman–Crippen LogP) is 5.99. The molecule has 2 aromatic heterocycles. The first kappa shape index (κ1) is 24.1. The van der Waals surface area contributed by atoms with Gasteiger partial charge in [-0.05, 0) is 37.0 Å². The molecule has 0 aliphatic rings. The van der Waals surface area contributed by atoms with E-state index in [1.807, 2.05) is 42.7 Å². The van der Waals surface area contributed by atoms with Crippen LogP contribution in [0.3, 0.4) is 0 Å². The zero-order valence-corrected chi connectivity index (χ0v) is 21.5. The third kappa shape index (κ3) is 4.64. The first-order chi connectivity index (χ1) is 15.0. The molecule has 0 bridgehead atoms. The molecule has 0 amide bonds. The van der Waals surface area contributed by atoms with E-state index in [1.165, 1.54) is 6.33 Å². The van der Waals surface area contributed by atoms with Crippen LogP contribution in [0.1, 0.15) is 56.6 Å². The lowest BCUT2D eigenvalue weighted by Crippen LogP contribution is -2.41. The Bertz CT molecular complexity index is 1110. The molecule has 3 aromatic rings. The van der Waals surface area contributed by atoms with Gasteiger partial charge in [-0.15, -0.1) is 0 Å². The number of nitrogens with two attached hydrogens (primary N) is 1. The monoisotopic (exact) mass is 452 g/mol. The van der Waals surface area contributed by atoms with Gasteiger partial charge in [0, 0.05) is 25.1 Å². The summed E-state index contributed by atoms with van der Waals surface area (Å²) < 4.78 is 8.38. The smallest absolute Gasteiger partial charge is 0.191 e. The highest BCUT2D eigenvalue weighted by Crippen LogP contribution is 2.38. The van der Waals surface area contributed by atoms with Gasteiger partial charge in [-0.1, -0.05) is 57.5 Å². The van der Waals surface area contributed by atoms with E-state index in [0.717, 1.165) is 28.5 Å². The quantitative estimate of drug-likeness (QED) is 0.258. The number of anilines is 1. The number of ketones is 1. The van der Waals surface area contributed by atoms with Crippen molar-refractivity contribution in [2.24, 2.45) is 0 Å². The Balaban J connectivity index is 2.05. The molecule has 0 radical (unpaired) electrons. The number of nitrogens with zero attached hydrogens (tertiary/aromatic N) is 3. The fraction of sp³-hybridized carbons (Fsp3) is 0.480. The van der Waals surface area contributed by atoms with E-state index in [-0.39, 0.29) is 10.8 Å². The molecule has 0 saturated heterocycles. The lowest BCUT2D eigenvalue weighted by molar-refractivity contribution is 0.0979. The Labute approximate surface area is 192 Å². The molecule has 0 aliphatic carbocycles. The molecule has 0 unspecified atom stereocenters. The second kappa shape index (κ2) is 9.15. The van der Waals surface area contributed by atoms with Crippen LogP contribution >= 0.6 is 0 Å². The summed E-state index contributed by atoms with van der Waals surface area (Å²) in [4.78, 5) is 21.9. The number of hydrogen-bond donors (Lipinski definition) is 1. The fourth-order valence-electron chi connectivity index (χ4n) is 3.64. The minimum atomic E-state index is -1.82. The Morgan fingerprint density at radius 2 is 1.81 bits per heavy atom. The van der Waals surface area contributed by atoms with E-state index in [4.69, 9.17) is 10.2 Å². The van der Waals surface area contributed by atoms with Crippen LogP contribution in [0.4, 0.5) is 5.82 Å². The van der Waals surface area contributed by atoms with Crippen molar-refractivity contribution in [1.82, 2.24) is 14.5 Å². The molecule has 2 heterocycles. The number of aromatic nitrogens is 3. The third-order valence-electron chi connectivity index (χ3n) is 6.59. The van der Waals surface area contributed by atoms with Gasteiger partial charge in [0.25, 0.3) is 0 Å². The Morgan fingerprint density at radius 1 is 1.16 bits per heavy atom. The second-order valence-corrected chi connectivity index (χ2v) is 14.7. The van der Waals surface area contributed by atoms with Crippen LogP contribution in [0.25, 0.3) is 22.2 Å². The van der Waals surface area contributed by atoms with Gasteiger partial charge in [-0.25, -0.2) is 9.97 Å². The maximum absolute atomic E-state index is 13.2. The fourth-order valence-corrected chi connectivity index (χ4v) is 4.72. The molecular weight excluding hydrogens is 416 g/mol. The molecule has 32 heavy (non-hydrogen) atoms. The van der Waals surface area contributed by atoms with Gasteiger partial charge in [0.15, 0.2) is 14.1 Å². The van der Waals surface area contributed by atoms with Crippen molar-refractivity contribution >= 4 is 31.0 Å². The molecule has 2 N–H and O–H groups in total. The minimum absolute atomic E-state index is 0.0725. The van der Waals surface area contributed by atoms with E-state index in [9.17, 15) is 4.79 Å². The average molecular weight is 453 g/mol. The lowest BCUT2D eigenvalue weighted by Gasteiger charge is -2.36. The normalized spacial score (nSPS) is 12.5. The summed E-state index contributed by atoms with van der Waals surface area (Å²) in [6.07, 6.45) is 2.67. The summed E-state index contributed by atoms with van der Waals surface area (Å²) in [6, 6.07) is 8.17. The van der Waals surface area contributed by atoms with Crippen LogP contribution in [0, 0.1) is 6.92 Å². The van der Waals surface area contributed by atoms with Crippen molar-refractivity contribution in [3.05, 3.63) is 41.9 Å². The molecule has 0 aliphatic heterocycles. The summed E-state index contributed by atoms with van der Waals surface area (Å²) in [5.41, 5.74) is 10.6. The van der Waals surface area contributed by atoms with Gasteiger partial charge in [0.1, 0.15) is 17.8 Å². The maximum atomic E-state index is 13.2. The standard InChI is InChI=1S/C25H36N4O2Si/c1-8-19(30)22-20(18-12-10-17(2)11-13-18)21-23(26)27-16-28-24(21)29(22)14-9-15-31-32(6,7)25(3,4)5/h10-13,16H,8-9,14-15H2,1-7H3,(H2,26,27,28). The van der Waals surface area contributed by atoms with Crippen molar-refractivity contribution in [2.75, 3.05) is 12.3 Å². The van der Waals surface area contributed by atoms with Crippen molar-refractivity contribution in [1.29, 1.82) is 0 Å². The third-order valence-corrected chi connectivity index (χ3v) is 11.1. The summed E-state index contributed by atoms with van der Waals surface area (Å²) in [6.45, 7) is 16.5. The molecule has 1 aromatic carbocycles. The van der Waals surface area contributed by atoms with Gasteiger partial charge < -0.3 is 14.7 Å². The molecule has 0 saturated carbocycles. The molecule has 3 rings (SSSR count). The largest absolute Gasteiger partial charge is 0.417 e. The number of hydrogen-bond acceptors (Lipinski definition) is 5. The lowest BCUT2D eigenvalue weighted by atomic mass is 9.99.